The van der Waals surface area contributed by atoms with Crippen molar-refractivity contribution < 1.29 is 9.59 Å². The van der Waals surface area contributed by atoms with Gasteiger partial charge in [0.1, 0.15) is 5.69 Å². The van der Waals surface area contributed by atoms with Crippen molar-refractivity contribution in [2.24, 2.45) is 0 Å². The number of nitrogens with zero attached hydrogens (tertiary/aromatic N) is 5. The van der Waals surface area contributed by atoms with Crippen LogP contribution in [0.3, 0.4) is 0 Å². The van der Waals surface area contributed by atoms with Gasteiger partial charge < -0.3 is 15.1 Å². The van der Waals surface area contributed by atoms with E-state index in [1.807, 2.05) is 31.0 Å². The first-order chi connectivity index (χ1) is 14.9. The Morgan fingerprint density at radius 3 is 2.68 bits per heavy atom. The maximum absolute atomic E-state index is 12.8. The van der Waals surface area contributed by atoms with E-state index in [-0.39, 0.29) is 23.9 Å². The van der Waals surface area contributed by atoms with Crippen molar-refractivity contribution in [2.45, 2.75) is 26.8 Å². The lowest BCUT2D eigenvalue weighted by Crippen LogP contribution is -2.50. The Kier molecular flexibility index (Phi) is 5.45. The number of hydrogen-bond acceptors (Lipinski definition) is 6. The molecule has 0 aliphatic carbocycles. The monoisotopic (exact) mass is 423 g/mol. The second-order valence-corrected chi connectivity index (χ2v) is 7.54. The molecule has 162 valence electrons. The Bertz CT molecular complexity index is 1210. The third-order valence-corrected chi connectivity index (χ3v) is 5.50. The van der Waals surface area contributed by atoms with Gasteiger partial charge in [0.2, 0.25) is 11.7 Å². The quantitative estimate of drug-likeness (QED) is 0.617. The van der Waals surface area contributed by atoms with Crippen molar-refractivity contribution in [3.8, 4) is 0 Å². The highest BCUT2D eigenvalue weighted by Gasteiger charge is 2.26. The summed E-state index contributed by atoms with van der Waals surface area (Å²) in [5.41, 5.74) is 3.18. The van der Waals surface area contributed by atoms with Crippen LogP contribution in [0.15, 0.2) is 29.3 Å². The number of rotatable bonds is 5. The molecule has 1 aliphatic rings. The number of imidazole rings is 1. The average molecular weight is 423 g/mol. The Balaban J connectivity index is 1.46. The molecule has 31 heavy (non-hydrogen) atoms. The van der Waals surface area contributed by atoms with E-state index in [0.29, 0.717) is 48.8 Å². The lowest BCUT2D eigenvalue weighted by atomic mass is 10.2. The van der Waals surface area contributed by atoms with Crippen LogP contribution in [-0.2, 0) is 17.8 Å². The first-order valence-electron chi connectivity index (χ1n) is 10.2. The summed E-state index contributed by atoms with van der Waals surface area (Å²) in [6.45, 7) is 5.56. The van der Waals surface area contributed by atoms with Gasteiger partial charge in [0, 0.05) is 38.1 Å². The average Bonchev–Trinajstić information content (AvgIpc) is 3.14. The van der Waals surface area contributed by atoms with Crippen LogP contribution in [0.25, 0.3) is 5.78 Å². The molecule has 3 aromatic rings. The SMILES string of the molecule is CCc1cn2cc(CN3CCN(c4ccc(C(=O)NC)nc4C)CC3=O)nc2[nH]c1=O. The summed E-state index contributed by atoms with van der Waals surface area (Å²) < 4.78 is 1.79. The molecule has 1 saturated heterocycles. The molecule has 10 nitrogen and oxygen atoms in total. The van der Waals surface area contributed by atoms with Crippen molar-refractivity contribution in [2.75, 3.05) is 31.6 Å². The highest BCUT2D eigenvalue weighted by Crippen LogP contribution is 2.21. The fourth-order valence-electron chi connectivity index (χ4n) is 3.79. The standard InChI is InChI=1S/C21H25N7O3/c1-4-14-9-28-11-15(24-21(28)25-19(14)30)10-27-8-7-26(12-18(27)29)17-6-5-16(20(31)22-3)23-13(17)2/h5-6,9,11H,4,7-8,10,12H2,1-3H3,(H,22,31)(H,24,25,30). The van der Waals surface area contributed by atoms with Gasteiger partial charge in [-0.2, -0.15) is 0 Å². The number of amides is 2. The third kappa shape index (κ3) is 4.00. The zero-order valence-corrected chi connectivity index (χ0v) is 17.8. The molecule has 3 aromatic heterocycles. The van der Waals surface area contributed by atoms with E-state index < -0.39 is 0 Å². The second-order valence-electron chi connectivity index (χ2n) is 7.54. The topological polar surface area (TPSA) is 116 Å². The number of aromatic nitrogens is 4. The van der Waals surface area contributed by atoms with E-state index in [4.69, 9.17) is 0 Å². The summed E-state index contributed by atoms with van der Waals surface area (Å²) in [6.07, 6.45) is 4.26. The van der Waals surface area contributed by atoms with Crippen LogP contribution in [0.5, 0.6) is 0 Å². The molecule has 0 aromatic carbocycles. The largest absolute Gasteiger partial charge is 0.359 e. The summed E-state index contributed by atoms with van der Waals surface area (Å²) in [7, 11) is 1.56. The molecule has 2 N–H and O–H groups in total. The molecule has 1 fully saturated rings. The van der Waals surface area contributed by atoms with Crippen LogP contribution in [0, 0.1) is 6.92 Å². The maximum atomic E-state index is 12.8. The van der Waals surface area contributed by atoms with Crippen molar-refractivity contribution in [1.82, 2.24) is 29.6 Å². The number of carbonyl (C=O) groups is 2. The summed E-state index contributed by atoms with van der Waals surface area (Å²) in [5.74, 6) is 0.220. The van der Waals surface area contributed by atoms with Crippen molar-refractivity contribution >= 4 is 23.3 Å². The molecule has 0 saturated carbocycles. The van der Waals surface area contributed by atoms with Crippen LogP contribution in [0.1, 0.15) is 34.4 Å². The first kappa shape index (κ1) is 20.6. The van der Waals surface area contributed by atoms with Crippen LogP contribution in [0.4, 0.5) is 5.69 Å². The summed E-state index contributed by atoms with van der Waals surface area (Å²) >= 11 is 0. The molecule has 0 radical (unpaired) electrons. The molecule has 4 heterocycles. The molecular weight excluding hydrogens is 398 g/mol. The first-order valence-corrected chi connectivity index (χ1v) is 10.2. The number of anilines is 1. The number of nitrogens with one attached hydrogen (secondary N) is 2. The molecule has 2 amide bonds. The summed E-state index contributed by atoms with van der Waals surface area (Å²) in [6, 6.07) is 3.50. The number of fused-ring (bicyclic) bond motifs is 1. The molecule has 10 heteroatoms. The van der Waals surface area contributed by atoms with Crippen LogP contribution in [0.2, 0.25) is 0 Å². The van der Waals surface area contributed by atoms with Crippen molar-refractivity contribution in [3.05, 3.63) is 57.5 Å². The van der Waals surface area contributed by atoms with Crippen molar-refractivity contribution in [3.63, 3.8) is 0 Å². The van der Waals surface area contributed by atoms with Gasteiger partial charge in [0.25, 0.3) is 11.5 Å². The maximum Gasteiger partial charge on any atom is 0.269 e. The minimum Gasteiger partial charge on any atom is -0.359 e. The predicted octanol–water partition coefficient (Wildman–Crippen LogP) is 0.497. The van der Waals surface area contributed by atoms with E-state index in [1.54, 1.807) is 28.6 Å². The zero-order chi connectivity index (χ0) is 22.1. The zero-order valence-electron chi connectivity index (χ0n) is 17.8. The summed E-state index contributed by atoms with van der Waals surface area (Å²) in [4.78, 5) is 51.9. The van der Waals surface area contributed by atoms with Gasteiger partial charge >= 0.3 is 0 Å². The van der Waals surface area contributed by atoms with E-state index in [0.717, 1.165) is 11.4 Å². The molecule has 4 rings (SSSR count). The predicted molar refractivity (Wildman–Crippen MR) is 115 cm³/mol. The van der Waals surface area contributed by atoms with Gasteiger partial charge in [-0.15, -0.1) is 0 Å². The number of hydrogen-bond donors (Lipinski definition) is 2. The van der Waals surface area contributed by atoms with Crippen molar-refractivity contribution in [1.29, 1.82) is 0 Å². The minimum absolute atomic E-state index is 0.0131. The molecule has 0 bridgehead atoms. The Labute approximate surface area is 178 Å². The van der Waals surface area contributed by atoms with Crippen LogP contribution < -0.4 is 15.8 Å². The molecule has 0 atom stereocenters. The number of carbonyl (C=O) groups excluding carboxylic acids is 2. The normalized spacial score (nSPS) is 14.4. The minimum atomic E-state index is -0.240. The highest BCUT2D eigenvalue weighted by atomic mass is 16.2. The lowest BCUT2D eigenvalue weighted by molar-refractivity contribution is -0.131. The van der Waals surface area contributed by atoms with Gasteiger partial charge in [-0.3, -0.25) is 23.8 Å². The Morgan fingerprint density at radius 1 is 1.19 bits per heavy atom. The van der Waals surface area contributed by atoms with Gasteiger partial charge in [-0.25, -0.2) is 9.97 Å². The highest BCUT2D eigenvalue weighted by molar-refractivity contribution is 5.92. The smallest absolute Gasteiger partial charge is 0.269 e. The number of H-pyrrole nitrogens is 1. The fourth-order valence-corrected chi connectivity index (χ4v) is 3.79. The molecular formula is C21H25N7O3. The number of aromatic amines is 1. The van der Waals surface area contributed by atoms with E-state index in [2.05, 4.69) is 20.3 Å². The molecule has 0 unspecified atom stereocenters. The van der Waals surface area contributed by atoms with E-state index in [9.17, 15) is 14.4 Å². The third-order valence-electron chi connectivity index (χ3n) is 5.50. The summed E-state index contributed by atoms with van der Waals surface area (Å²) in [5, 5.41) is 2.56. The van der Waals surface area contributed by atoms with Gasteiger partial charge in [-0.1, -0.05) is 6.92 Å². The van der Waals surface area contributed by atoms with E-state index in [1.165, 1.54) is 0 Å². The van der Waals surface area contributed by atoms with Crippen LogP contribution >= 0.6 is 0 Å². The van der Waals surface area contributed by atoms with Crippen LogP contribution in [-0.4, -0.2) is 62.7 Å². The Morgan fingerprint density at radius 2 is 2.00 bits per heavy atom. The van der Waals surface area contributed by atoms with Gasteiger partial charge in [0.05, 0.1) is 30.2 Å². The van der Waals surface area contributed by atoms with E-state index >= 15 is 0 Å². The molecule has 0 spiro atoms. The van der Waals surface area contributed by atoms with Gasteiger partial charge in [-0.05, 0) is 25.5 Å². The number of aryl methyl sites for hydroxylation is 2. The van der Waals surface area contributed by atoms with Gasteiger partial charge in [0.15, 0.2) is 0 Å². The number of pyridine rings is 1. The second kappa shape index (κ2) is 8.21. The lowest BCUT2D eigenvalue weighted by Gasteiger charge is -2.35. The molecule has 1 aliphatic heterocycles. The fraction of sp³-hybridized carbons (Fsp3) is 0.381. The Hall–Kier alpha value is -3.69. The number of piperazine rings is 1.